The lowest BCUT2D eigenvalue weighted by Crippen LogP contribution is -1.99. The molecule has 2 aromatic rings. The van der Waals surface area contributed by atoms with Crippen LogP contribution in [0.1, 0.15) is 13.0 Å². The molecule has 0 radical (unpaired) electrons. The molecule has 2 rings (SSSR count). The van der Waals surface area contributed by atoms with E-state index >= 15 is 0 Å². The highest BCUT2D eigenvalue weighted by atomic mass is 19.1. The lowest BCUT2D eigenvalue weighted by atomic mass is 10.2. The van der Waals surface area contributed by atoms with E-state index in [0.29, 0.717) is 0 Å². The van der Waals surface area contributed by atoms with Crippen LogP contribution in [0.2, 0.25) is 0 Å². The maximum Gasteiger partial charge on any atom is 0.123 e. The average Bonchev–Trinajstić information content (AvgIpc) is 2.59. The minimum Gasteiger partial charge on any atom is -0.341 e. The minimum atomic E-state index is -0.193. The highest BCUT2D eigenvalue weighted by molar-refractivity contribution is 5.80. The number of benzene rings is 1. The highest BCUT2D eigenvalue weighted by Gasteiger charge is 2.04. The first kappa shape index (κ1) is 9.00. The fourth-order valence-electron chi connectivity index (χ4n) is 1.60. The summed E-state index contributed by atoms with van der Waals surface area (Å²) in [6.45, 7) is 5.80. The number of hydrogen-bond acceptors (Lipinski definition) is 0. The van der Waals surface area contributed by atoms with Gasteiger partial charge in [0.15, 0.2) is 0 Å². The maximum atomic E-state index is 12.9. The van der Waals surface area contributed by atoms with Gasteiger partial charge in [-0.2, -0.15) is 0 Å². The molecule has 14 heavy (non-hydrogen) atoms. The molecular formula is C12H12FN. The summed E-state index contributed by atoms with van der Waals surface area (Å²) in [6, 6.07) is 6.97. The number of allylic oxidation sites excluding steroid dienone is 1. The van der Waals surface area contributed by atoms with Gasteiger partial charge in [-0.1, -0.05) is 6.08 Å². The molecule has 1 aromatic carbocycles. The lowest BCUT2D eigenvalue weighted by molar-refractivity contribution is 0.629. The molecule has 0 amide bonds. The first-order chi connectivity index (χ1) is 6.72. The zero-order chi connectivity index (χ0) is 10.1. The summed E-state index contributed by atoms with van der Waals surface area (Å²) in [5.74, 6) is -0.193. The van der Waals surface area contributed by atoms with Crippen molar-refractivity contribution in [2.75, 3.05) is 0 Å². The molecule has 0 spiro atoms. The van der Waals surface area contributed by atoms with Gasteiger partial charge in [0.2, 0.25) is 0 Å². The third-order valence-electron chi connectivity index (χ3n) is 2.46. The third kappa shape index (κ3) is 1.33. The summed E-state index contributed by atoms with van der Waals surface area (Å²) >= 11 is 0. The van der Waals surface area contributed by atoms with Crippen LogP contribution >= 0.6 is 0 Å². The van der Waals surface area contributed by atoms with Crippen molar-refractivity contribution in [2.45, 2.75) is 13.0 Å². The van der Waals surface area contributed by atoms with E-state index in [9.17, 15) is 4.39 Å². The molecule has 0 saturated heterocycles. The second-order valence-electron chi connectivity index (χ2n) is 3.40. The quantitative estimate of drug-likeness (QED) is 0.637. The Labute approximate surface area is 82.5 Å². The van der Waals surface area contributed by atoms with Crippen molar-refractivity contribution in [1.29, 1.82) is 0 Å². The topological polar surface area (TPSA) is 4.93 Å². The van der Waals surface area contributed by atoms with Crippen LogP contribution in [0.3, 0.4) is 0 Å². The zero-order valence-electron chi connectivity index (χ0n) is 8.07. The van der Waals surface area contributed by atoms with Crippen molar-refractivity contribution < 1.29 is 4.39 Å². The van der Waals surface area contributed by atoms with Gasteiger partial charge in [0.05, 0.1) is 0 Å². The van der Waals surface area contributed by atoms with Crippen LogP contribution in [0.4, 0.5) is 4.39 Å². The number of fused-ring (bicyclic) bond motifs is 1. The Morgan fingerprint density at radius 1 is 1.43 bits per heavy atom. The molecular weight excluding hydrogens is 177 g/mol. The van der Waals surface area contributed by atoms with E-state index in [4.69, 9.17) is 0 Å². The third-order valence-corrected chi connectivity index (χ3v) is 2.46. The van der Waals surface area contributed by atoms with Gasteiger partial charge in [0.1, 0.15) is 5.82 Å². The lowest BCUT2D eigenvalue weighted by Gasteiger charge is -2.09. The van der Waals surface area contributed by atoms with Crippen molar-refractivity contribution in [1.82, 2.24) is 4.57 Å². The smallest absolute Gasteiger partial charge is 0.123 e. The van der Waals surface area contributed by atoms with Crippen LogP contribution < -0.4 is 0 Å². The molecule has 1 atom stereocenters. The van der Waals surface area contributed by atoms with Crippen molar-refractivity contribution >= 4 is 10.9 Å². The molecule has 0 bridgehead atoms. The predicted octanol–water partition coefficient (Wildman–Crippen LogP) is 3.53. The Bertz CT molecular complexity index is 470. The van der Waals surface area contributed by atoms with Gasteiger partial charge in [-0.05, 0) is 31.2 Å². The normalized spacial score (nSPS) is 13.0. The van der Waals surface area contributed by atoms with Gasteiger partial charge < -0.3 is 4.57 Å². The van der Waals surface area contributed by atoms with Crippen molar-refractivity contribution in [3.05, 3.63) is 48.9 Å². The van der Waals surface area contributed by atoms with Gasteiger partial charge in [-0.25, -0.2) is 4.39 Å². The van der Waals surface area contributed by atoms with Crippen LogP contribution in [-0.2, 0) is 0 Å². The summed E-state index contributed by atoms with van der Waals surface area (Å²) in [7, 11) is 0. The molecule has 0 aliphatic carbocycles. The second kappa shape index (κ2) is 3.29. The van der Waals surface area contributed by atoms with Crippen LogP contribution in [0.15, 0.2) is 43.1 Å². The van der Waals surface area contributed by atoms with E-state index in [1.165, 1.54) is 6.07 Å². The largest absolute Gasteiger partial charge is 0.341 e. The van der Waals surface area contributed by atoms with E-state index in [0.717, 1.165) is 10.9 Å². The van der Waals surface area contributed by atoms with Crippen LogP contribution in [-0.4, -0.2) is 4.57 Å². The van der Waals surface area contributed by atoms with Gasteiger partial charge in [-0.15, -0.1) is 6.58 Å². The summed E-state index contributed by atoms with van der Waals surface area (Å²) in [5, 5.41) is 0.929. The Morgan fingerprint density at radius 3 is 2.93 bits per heavy atom. The molecule has 0 N–H and O–H groups in total. The molecule has 1 nitrogen and oxygen atoms in total. The molecule has 0 fully saturated rings. The highest BCUT2D eigenvalue weighted by Crippen LogP contribution is 2.21. The van der Waals surface area contributed by atoms with Gasteiger partial charge in [0, 0.05) is 23.1 Å². The number of halogens is 1. The standard InChI is InChI=1S/C12H12FN/c1-3-9(2)14-7-6-10-8-11(13)4-5-12(10)14/h3-9H,1H2,2H3. The average molecular weight is 189 g/mol. The Balaban J connectivity index is 2.63. The van der Waals surface area contributed by atoms with E-state index in [2.05, 4.69) is 18.1 Å². The van der Waals surface area contributed by atoms with Gasteiger partial charge >= 0.3 is 0 Å². The Hall–Kier alpha value is -1.57. The summed E-state index contributed by atoms with van der Waals surface area (Å²) < 4.78 is 15.0. The summed E-state index contributed by atoms with van der Waals surface area (Å²) in [5.41, 5.74) is 1.04. The summed E-state index contributed by atoms with van der Waals surface area (Å²) in [6.07, 6.45) is 3.82. The molecule has 0 aliphatic heterocycles. The number of aromatic nitrogens is 1. The molecule has 1 unspecified atom stereocenters. The van der Waals surface area contributed by atoms with E-state index < -0.39 is 0 Å². The molecule has 1 heterocycles. The second-order valence-corrected chi connectivity index (χ2v) is 3.40. The van der Waals surface area contributed by atoms with Crippen molar-refractivity contribution in [3.8, 4) is 0 Å². The first-order valence-corrected chi connectivity index (χ1v) is 4.61. The molecule has 2 heteroatoms. The van der Waals surface area contributed by atoms with Crippen LogP contribution in [0.5, 0.6) is 0 Å². The van der Waals surface area contributed by atoms with Gasteiger partial charge in [0.25, 0.3) is 0 Å². The minimum absolute atomic E-state index is 0.193. The zero-order valence-corrected chi connectivity index (χ0v) is 8.07. The summed E-state index contributed by atoms with van der Waals surface area (Å²) in [4.78, 5) is 0. The Morgan fingerprint density at radius 2 is 2.21 bits per heavy atom. The molecule has 0 saturated carbocycles. The SMILES string of the molecule is C=CC(C)n1ccc2cc(F)ccc21. The van der Waals surface area contributed by atoms with Crippen molar-refractivity contribution in [2.24, 2.45) is 0 Å². The van der Waals surface area contributed by atoms with E-state index in [-0.39, 0.29) is 11.9 Å². The fourth-order valence-corrected chi connectivity index (χ4v) is 1.60. The number of rotatable bonds is 2. The number of hydrogen-bond donors (Lipinski definition) is 0. The van der Waals surface area contributed by atoms with Crippen LogP contribution in [0, 0.1) is 5.82 Å². The Kier molecular flexibility index (Phi) is 2.12. The first-order valence-electron chi connectivity index (χ1n) is 4.61. The monoisotopic (exact) mass is 189 g/mol. The van der Waals surface area contributed by atoms with Crippen molar-refractivity contribution in [3.63, 3.8) is 0 Å². The van der Waals surface area contributed by atoms with Gasteiger partial charge in [-0.3, -0.25) is 0 Å². The maximum absolute atomic E-state index is 12.9. The number of nitrogens with zero attached hydrogens (tertiary/aromatic N) is 1. The van der Waals surface area contributed by atoms with Crippen LogP contribution in [0.25, 0.3) is 10.9 Å². The predicted molar refractivity (Wildman–Crippen MR) is 56.8 cm³/mol. The van der Waals surface area contributed by atoms with E-state index in [1.54, 1.807) is 12.1 Å². The molecule has 72 valence electrons. The molecule has 1 aromatic heterocycles. The van der Waals surface area contributed by atoms with E-state index in [1.807, 2.05) is 18.3 Å². The molecule has 0 aliphatic rings. The fraction of sp³-hybridized carbons (Fsp3) is 0.167.